The zero-order valence-corrected chi connectivity index (χ0v) is 9.61. The molecule has 0 saturated carbocycles. The zero-order valence-electron chi connectivity index (χ0n) is 9.61. The highest BCUT2D eigenvalue weighted by molar-refractivity contribution is 5.91. The van der Waals surface area contributed by atoms with Crippen molar-refractivity contribution in [2.75, 3.05) is 33.0 Å². The molecule has 96 valence electrons. The minimum absolute atomic E-state index is 0.159. The number of hydrogen-bond acceptors (Lipinski definition) is 5. The van der Waals surface area contributed by atoms with E-state index in [4.69, 9.17) is 14.2 Å². The van der Waals surface area contributed by atoms with Gasteiger partial charge in [0.15, 0.2) is 0 Å². The first kappa shape index (κ1) is 12.2. The second kappa shape index (κ2) is 5.37. The number of hydrogen-bond donors (Lipinski definition) is 2. The summed E-state index contributed by atoms with van der Waals surface area (Å²) in [6, 6.07) is 0. The largest absolute Gasteiger partial charge is 0.494 e. The normalized spacial score (nSPS) is 23.0. The summed E-state index contributed by atoms with van der Waals surface area (Å²) < 4.78 is 15.3. The third-order valence-electron chi connectivity index (χ3n) is 2.87. The van der Waals surface area contributed by atoms with Crippen LogP contribution in [0.5, 0.6) is 0 Å². The van der Waals surface area contributed by atoms with Gasteiger partial charge in [0.2, 0.25) is 5.76 Å². The maximum absolute atomic E-state index is 11.7. The van der Waals surface area contributed by atoms with E-state index in [1.165, 1.54) is 6.26 Å². The summed E-state index contributed by atoms with van der Waals surface area (Å²) in [5.41, 5.74) is -0.871. The van der Waals surface area contributed by atoms with Gasteiger partial charge in [-0.2, -0.15) is 0 Å². The van der Waals surface area contributed by atoms with Crippen LogP contribution < -0.4 is 5.32 Å². The van der Waals surface area contributed by atoms with Crippen molar-refractivity contribution in [3.05, 3.63) is 12.0 Å². The van der Waals surface area contributed by atoms with Gasteiger partial charge in [0.25, 0.3) is 5.91 Å². The van der Waals surface area contributed by atoms with Gasteiger partial charge in [-0.05, 0) is 0 Å². The van der Waals surface area contributed by atoms with E-state index < -0.39 is 5.60 Å². The summed E-state index contributed by atoms with van der Waals surface area (Å²) in [6.07, 6.45) is 2.36. The number of nitrogens with one attached hydrogen (secondary N) is 1. The van der Waals surface area contributed by atoms with Crippen molar-refractivity contribution in [1.82, 2.24) is 5.32 Å². The van der Waals surface area contributed by atoms with Crippen molar-refractivity contribution in [2.45, 2.75) is 18.4 Å². The van der Waals surface area contributed by atoms with Crippen molar-refractivity contribution >= 4 is 5.91 Å². The molecule has 0 radical (unpaired) electrons. The number of carbonyl (C=O) groups excluding carboxylic acids is 1. The number of rotatable bonds is 3. The molecule has 17 heavy (non-hydrogen) atoms. The topological polar surface area (TPSA) is 77.0 Å². The lowest BCUT2D eigenvalue weighted by Gasteiger charge is -2.32. The van der Waals surface area contributed by atoms with Crippen molar-refractivity contribution < 1.29 is 24.1 Å². The van der Waals surface area contributed by atoms with E-state index in [1.54, 1.807) is 0 Å². The monoisotopic (exact) mass is 243 g/mol. The predicted octanol–water partition coefficient (Wildman–Crippen LogP) is -0.468. The molecule has 1 saturated heterocycles. The van der Waals surface area contributed by atoms with Crippen molar-refractivity contribution in [2.24, 2.45) is 0 Å². The first-order chi connectivity index (χ1) is 8.20. The average Bonchev–Trinajstić information content (AvgIpc) is 2.38. The van der Waals surface area contributed by atoms with Crippen LogP contribution >= 0.6 is 0 Å². The van der Waals surface area contributed by atoms with E-state index in [2.05, 4.69) is 5.32 Å². The van der Waals surface area contributed by atoms with Gasteiger partial charge in [0, 0.05) is 32.6 Å². The van der Waals surface area contributed by atoms with E-state index in [0.717, 1.165) is 0 Å². The van der Waals surface area contributed by atoms with Gasteiger partial charge in [-0.25, -0.2) is 0 Å². The lowest BCUT2D eigenvalue weighted by atomic mass is 9.94. The van der Waals surface area contributed by atoms with E-state index in [1.807, 2.05) is 0 Å². The molecule has 0 bridgehead atoms. The lowest BCUT2D eigenvalue weighted by molar-refractivity contribution is -0.125. The van der Waals surface area contributed by atoms with Gasteiger partial charge in [-0.3, -0.25) is 4.79 Å². The molecule has 0 atom stereocenters. The van der Waals surface area contributed by atoms with Crippen LogP contribution in [-0.2, 0) is 19.0 Å². The third-order valence-corrected chi connectivity index (χ3v) is 2.87. The molecular formula is C11H17NO5. The van der Waals surface area contributed by atoms with Gasteiger partial charge >= 0.3 is 0 Å². The van der Waals surface area contributed by atoms with Crippen LogP contribution in [0.4, 0.5) is 0 Å². The Kier molecular flexibility index (Phi) is 3.86. The molecule has 2 rings (SSSR count). The summed E-state index contributed by atoms with van der Waals surface area (Å²) in [7, 11) is 0. The van der Waals surface area contributed by atoms with Crippen LogP contribution in [0.3, 0.4) is 0 Å². The first-order valence-electron chi connectivity index (χ1n) is 5.73. The molecule has 0 aromatic heterocycles. The fourth-order valence-electron chi connectivity index (χ4n) is 1.75. The standard InChI is InChI=1S/C11H17NO5/c13-10(9-7-16-5-6-17-9)12-8-11(14)1-3-15-4-2-11/h7,14H,1-6,8H2,(H,12,13). The van der Waals surface area contributed by atoms with Crippen molar-refractivity contribution in [1.29, 1.82) is 0 Å². The molecule has 2 heterocycles. The van der Waals surface area contributed by atoms with Crippen molar-refractivity contribution in [3.63, 3.8) is 0 Å². The molecule has 0 aromatic carbocycles. The van der Waals surface area contributed by atoms with Crippen LogP contribution in [0.1, 0.15) is 12.8 Å². The molecule has 0 aromatic rings. The molecule has 1 amide bonds. The second-order valence-corrected chi connectivity index (χ2v) is 4.22. The smallest absolute Gasteiger partial charge is 0.289 e. The van der Waals surface area contributed by atoms with Gasteiger partial charge < -0.3 is 24.6 Å². The molecule has 0 unspecified atom stereocenters. The fourth-order valence-corrected chi connectivity index (χ4v) is 1.75. The van der Waals surface area contributed by atoms with Gasteiger partial charge in [0.05, 0.1) is 5.60 Å². The maximum atomic E-state index is 11.7. The highest BCUT2D eigenvalue weighted by atomic mass is 16.6. The summed E-state index contributed by atoms with van der Waals surface area (Å²) in [5.74, 6) is -0.198. The Bertz CT molecular complexity index is 309. The van der Waals surface area contributed by atoms with Crippen LogP contribution in [0.2, 0.25) is 0 Å². The molecule has 6 nitrogen and oxygen atoms in total. The Hall–Kier alpha value is -1.27. The van der Waals surface area contributed by atoms with Gasteiger partial charge in [-0.1, -0.05) is 0 Å². The van der Waals surface area contributed by atoms with E-state index in [-0.39, 0.29) is 18.2 Å². The molecular weight excluding hydrogens is 226 g/mol. The molecule has 0 aliphatic carbocycles. The minimum Gasteiger partial charge on any atom is -0.494 e. The van der Waals surface area contributed by atoms with Crippen molar-refractivity contribution in [3.8, 4) is 0 Å². The summed E-state index contributed by atoms with van der Waals surface area (Å²) in [6.45, 7) is 2.08. The lowest BCUT2D eigenvalue weighted by Crippen LogP contribution is -2.47. The molecule has 2 aliphatic rings. The maximum Gasteiger partial charge on any atom is 0.289 e. The molecule has 2 aliphatic heterocycles. The number of aliphatic hydroxyl groups is 1. The molecule has 0 spiro atoms. The molecule has 6 heteroatoms. The highest BCUT2D eigenvalue weighted by Crippen LogP contribution is 2.19. The van der Waals surface area contributed by atoms with E-state index >= 15 is 0 Å². The molecule has 2 N–H and O–H groups in total. The summed E-state index contributed by atoms with van der Waals surface area (Å²) in [4.78, 5) is 11.7. The first-order valence-corrected chi connectivity index (χ1v) is 5.73. The van der Waals surface area contributed by atoms with Crippen LogP contribution in [0, 0.1) is 0 Å². The third kappa shape index (κ3) is 3.34. The van der Waals surface area contributed by atoms with Crippen LogP contribution in [0.25, 0.3) is 0 Å². The average molecular weight is 243 g/mol. The highest BCUT2D eigenvalue weighted by Gasteiger charge is 2.30. The fraction of sp³-hybridized carbons (Fsp3) is 0.727. The SMILES string of the molecule is O=C(NCC1(O)CCOCC1)C1=COCCO1. The number of ether oxygens (including phenoxy) is 3. The Balaban J connectivity index is 1.80. The van der Waals surface area contributed by atoms with Gasteiger partial charge in [0.1, 0.15) is 19.5 Å². The quantitative estimate of drug-likeness (QED) is 0.701. The Labute approximate surface area is 99.5 Å². The number of amides is 1. The zero-order chi connectivity index (χ0) is 12.1. The van der Waals surface area contributed by atoms with Crippen LogP contribution in [-0.4, -0.2) is 49.6 Å². The van der Waals surface area contributed by atoms with E-state index in [0.29, 0.717) is 39.3 Å². The summed E-state index contributed by atoms with van der Waals surface area (Å²) >= 11 is 0. The Morgan fingerprint density at radius 2 is 2.12 bits per heavy atom. The number of carbonyl (C=O) groups is 1. The summed E-state index contributed by atoms with van der Waals surface area (Å²) in [5, 5.41) is 12.8. The van der Waals surface area contributed by atoms with E-state index in [9.17, 15) is 9.90 Å². The Morgan fingerprint density at radius 3 is 2.76 bits per heavy atom. The minimum atomic E-state index is -0.871. The van der Waals surface area contributed by atoms with Gasteiger partial charge in [-0.15, -0.1) is 0 Å². The second-order valence-electron chi connectivity index (χ2n) is 4.22. The Morgan fingerprint density at radius 1 is 1.35 bits per heavy atom. The van der Waals surface area contributed by atoms with Crippen LogP contribution in [0.15, 0.2) is 12.0 Å². The predicted molar refractivity (Wildman–Crippen MR) is 58.0 cm³/mol. The molecule has 1 fully saturated rings.